The number of hydrogen-bond donors (Lipinski definition) is 2. The van der Waals surface area contributed by atoms with Gasteiger partial charge in [0.15, 0.2) is 0 Å². The monoisotopic (exact) mass is 462 g/mol. The van der Waals surface area contributed by atoms with Crippen molar-refractivity contribution in [1.29, 1.82) is 0 Å². The Morgan fingerprint density at radius 1 is 1.11 bits per heavy atom. The molecule has 0 saturated heterocycles. The number of anilines is 1. The van der Waals surface area contributed by atoms with Crippen molar-refractivity contribution < 1.29 is 13.2 Å². The second kappa shape index (κ2) is 9.13. The molecule has 1 heterocycles. The van der Waals surface area contributed by atoms with E-state index >= 15 is 0 Å². The van der Waals surface area contributed by atoms with E-state index in [1.54, 1.807) is 29.1 Å². The molecule has 2 N–H and O–H groups in total. The Balaban J connectivity index is 1.51. The number of amides is 1. The van der Waals surface area contributed by atoms with Crippen molar-refractivity contribution in [3.05, 3.63) is 77.0 Å². The summed E-state index contributed by atoms with van der Waals surface area (Å²) < 4.78 is 29.4. The smallest absolute Gasteiger partial charge is 0.240 e. The molecule has 28 heavy (non-hydrogen) atoms. The van der Waals surface area contributed by atoms with Crippen LogP contribution in [0, 0.1) is 0 Å². The van der Waals surface area contributed by atoms with Crippen molar-refractivity contribution in [2.24, 2.45) is 0 Å². The van der Waals surface area contributed by atoms with Gasteiger partial charge in [-0.1, -0.05) is 28.1 Å². The number of carbonyl (C=O) groups is 1. The Hall–Kier alpha value is -2.49. The molecule has 146 valence electrons. The van der Waals surface area contributed by atoms with Crippen LogP contribution in [-0.4, -0.2) is 30.7 Å². The zero-order valence-electron chi connectivity index (χ0n) is 14.9. The zero-order chi connectivity index (χ0) is 20.0. The molecular weight excluding hydrogens is 444 g/mol. The predicted molar refractivity (Wildman–Crippen MR) is 110 cm³/mol. The molecule has 0 aliphatic heterocycles. The summed E-state index contributed by atoms with van der Waals surface area (Å²) in [6, 6.07) is 15.6. The maximum absolute atomic E-state index is 12.2. The quantitative estimate of drug-likeness (QED) is 0.537. The molecule has 0 aliphatic rings. The van der Waals surface area contributed by atoms with Crippen molar-refractivity contribution >= 4 is 37.5 Å². The summed E-state index contributed by atoms with van der Waals surface area (Å²) in [4.78, 5) is 12.3. The summed E-state index contributed by atoms with van der Waals surface area (Å²) in [6.45, 7) is 0.612. The number of hydrogen-bond acceptors (Lipinski definition) is 4. The van der Waals surface area contributed by atoms with Gasteiger partial charge in [0.1, 0.15) is 0 Å². The summed E-state index contributed by atoms with van der Waals surface area (Å²) in [5.41, 5.74) is 1.66. The molecule has 0 radical (unpaired) electrons. The highest BCUT2D eigenvalue weighted by Gasteiger charge is 2.14. The second-order valence-corrected chi connectivity index (χ2v) is 8.74. The number of benzene rings is 2. The first-order chi connectivity index (χ1) is 13.4. The van der Waals surface area contributed by atoms with E-state index in [0.717, 1.165) is 10.0 Å². The molecule has 0 bridgehead atoms. The summed E-state index contributed by atoms with van der Waals surface area (Å²) >= 11 is 3.26. The van der Waals surface area contributed by atoms with Gasteiger partial charge in [0.05, 0.1) is 11.4 Å². The van der Waals surface area contributed by atoms with Crippen LogP contribution in [0.1, 0.15) is 12.0 Å². The van der Waals surface area contributed by atoms with Crippen molar-refractivity contribution in [3.63, 3.8) is 0 Å². The fraction of sp³-hybridized carbons (Fsp3) is 0.158. The minimum absolute atomic E-state index is 0.0111. The highest BCUT2D eigenvalue weighted by Crippen LogP contribution is 2.15. The van der Waals surface area contributed by atoms with Gasteiger partial charge in [-0.2, -0.15) is 5.10 Å². The maximum atomic E-state index is 12.2. The highest BCUT2D eigenvalue weighted by molar-refractivity contribution is 9.10. The van der Waals surface area contributed by atoms with Crippen LogP contribution < -0.4 is 10.0 Å². The first-order valence-electron chi connectivity index (χ1n) is 8.54. The normalized spacial score (nSPS) is 11.3. The van der Waals surface area contributed by atoms with Gasteiger partial charge in [-0.05, 0) is 48.0 Å². The van der Waals surface area contributed by atoms with Crippen LogP contribution in [-0.2, 0) is 21.4 Å². The number of aromatic nitrogens is 2. The van der Waals surface area contributed by atoms with Crippen LogP contribution in [0.15, 0.2) is 76.4 Å². The number of nitrogens with one attached hydrogen (secondary N) is 2. The van der Waals surface area contributed by atoms with E-state index in [4.69, 9.17) is 0 Å². The molecule has 1 aromatic heterocycles. The van der Waals surface area contributed by atoms with Crippen LogP contribution in [0.3, 0.4) is 0 Å². The lowest BCUT2D eigenvalue weighted by molar-refractivity contribution is -0.116. The molecule has 7 nitrogen and oxygen atoms in total. The molecule has 0 unspecified atom stereocenters. The minimum Gasteiger partial charge on any atom is -0.326 e. The van der Waals surface area contributed by atoms with E-state index in [0.29, 0.717) is 12.2 Å². The third-order valence-corrected chi connectivity index (χ3v) is 5.89. The summed E-state index contributed by atoms with van der Waals surface area (Å²) in [6.07, 6.45) is 3.60. The van der Waals surface area contributed by atoms with Crippen molar-refractivity contribution in [1.82, 2.24) is 14.5 Å². The largest absolute Gasteiger partial charge is 0.326 e. The fourth-order valence-corrected chi connectivity index (χ4v) is 3.84. The average Bonchev–Trinajstić information content (AvgIpc) is 3.15. The minimum atomic E-state index is -3.64. The van der Waals surface area contributed by atoms with Crippen molar-refractivity contribution in [2.45, 2.75) is 17.9 Å². The highest BCUT2D eigenvalue weighted by atomic mass is 79.9. The van der Waals surface area contributed by atoms with E-state index < -0.39 is 10.0 Å². The molecule has 0 atom stereocenters. The van der Waals surface area contributed by atoms with Gasteiger partial charge in [-0.15, -0.1) is 0 Å². The number of nitrogens with zero attached hydrogens (tertiary/aromatic N) is 2. The zero-order valence-corrected chi connectivity index (χ0v) is 17.3. The van der Waals surface area contributed by atoms with Crippen molar-refractivity contribution in [2.75, 3.05) is 11.9 Å². The molecule has 0 saturated carbocycles. The Morgan fingerprint density at radius 2 is 1.89 bits per heavy atom. The standard InChI is InChI=1S/C19H19BrN4O3S/c20-16-5-7-18(8-6-16)28(26,27)22-11-9-19(25)23-17-4-1-3-15(13-17)14-24-12-2-10-21-24/h1-8,10,12-13,22H,9,11,14H2,(H,23,25). The maximum Gasteiger partial charge on any atom is 0.240 e. The average molecular weight is 463 g/mol. The topological polar surface area (TPSA) is 93.1 Å². The molecule has 0 fully saturated rings. The molecular formula is C19H19BrN4O3S. The van der Waals surface area contributed by atoms with Crippen LogP contribution in [0.2, 0.25) is 0 Å². The molecule has 0 spiro atoms. The van der Waals surface area contributed by atoms with Crippen molar-refractivity contribution in [3.8, 4) is 0 Å². The Bertz CT molecular complexity index is 1040. The summed E-state index contributed by atoms with van der Waals surface area (Å²) in [7, 11) is -3.64. The van der Waals surface area contributed by atoms with E-state index in [1.165, 1.54) is 12.1 Å². The summed E-state index contributed by atoms with van der Waals surface area (Å²) in [5, 5.41) is 6.94. The van der Waals surface area contributed by atoms with Gasteiger partial charge in [0.2, 0.25) is 15.9 Å². The third kappa shape index (κ3) is 5.75. The number of rotatable bonds is 8. The van der Waals surface area contributed by atoms with E-state index in [2.05, 4.69) is 31.1 Å². The first-order valence-corrected chi connectivity index (χ1v) is 10.8. The lowest BCUT2D eigenvalue weighted by Gasteiger charge is -2.09. The van der Waals surface area contributed by atoms with Gasteiger partial charge in [-0.3, -0.25) is 9.48 Å². The first kappa shape index (κ1) is 20.2. The van der Waals surface area contributed by atoms with E-state index in [-0.39, 0.29) is 23.8 Å². The van der Waals surface area contributed by atoms with Crippen LogP contribution in [0.25, 0.3) is 0 Å². The van der Waals surface area contributed by atoms with Crippen LogP contribution in [0.5, 0.6) is 0 Å². The van der Waals surface area contributed by atoms with Gasteiger partial charge in [-0.25, -0.2) is 13.1 Å². The Labute approximate surface area is 172 Å². The fourth-order valence-electron chi connectivity index (χ4n) is 2.55. The van der Waals surface area contributed by atoms with Crippen LogP contribution in [0.4, 0.5) is 5.69 Å². The number of carbonyl (C=O) groups excluding carboxylic acids is 1. The molecule has 2 aromatic carbocycles. The predicted octanol–water partition coefficient (Wildman–Crippen LogP) is 3.00. The number of sulfonamides is 1. The van der Waals surface area contributed by atoms with Gasteiger partial charge in [0, 0.05) is 35.5 Å². The molecule has 9 heteroatoms. The Kier molecular flexibility index (Phi) is 6.61. The third-order valence-electron chi connectivity index (χ3n) is 3.88. The lowest BCUT2D eigenvalue weighted by atomic mass is 10.2. The van der Waals surface area contributed by atoms with E-state index in [9.17, 15) is 13.2 Å². The Morgan fingerprint density at radius 3 is 2.61 bits per heavy atom. The molecule has 3 aromatic rings. The number of halogens is 1. The van der Waals surface area contributed by atoms with Gasteiger partial charge < -0.3 is 5.32 Å². The van der Waals surface area contributed by atoms with Gasteiger partial charge in [0.25, 0.3) is 0 Å². The molecule has 3 rings (SSSR count). The molecule has 0 aliphatic carbocycles. The summed E-state index contributed by atoms with van der Waals surface area (Å²) in [5.74, 6) is -0.269. The van der Waals surface area contributed by atoms with E-state index in [1.807, 2.05) is 30.5 Å². The second-order valence-electron chi connectivity index (χ2n) is 6.05. The SMILES string of the molecule is O=C(CCNS(=O)(=O)c1ccc(Br)cc1)Nc1cccc(Cn2cccn2)c1. The van der Waals surface area contributed by atoms with Gasteiger partial charge >= 0.3 is 0 Å². The van der Waals surface area contributed by atoms with Crippen LogP contribution >= 0.6 is 15.9 Å². The molecule has 1 amide bonds. The lowest BCUT2D eigenvalue weighted by Crippen LogP contribution is -2.27.